The van der Waals surface area contributed by atoms with Gasteiger partial charge in [0.15, 0.2) is 0 Å². The van der Waals surface area contributed by atoms with Crippen molar-refractivity contribution in [1.82, 2.24) is 4.57 Å². The van der Waals surface area contributed by atoms with Gasteiger partial charge >= 0.3 is 0 Å². The number of para-hydroxylation sites is 2. The first-order valence-electron chi connectivity index (χ1n) is 19.5. The first-order valence-corrected chi connectivity index (χ1v) is 20.3. The molecule has 0 atom stereocenters. The Labute approximate surface area is 332 Å². The minimum absolute atomic E-state index is 0.816. The molecule has 12 rings (SSSR count). The van der Waals surface area contributed by atoms with Gasteiger partial charge in [-0.2, -0.15) is 0 Å². The van der Waals surface area contributed by atoms with Gasteiger partial charge in [-0.25, -0.2) is 0 Å². The fourth-order valence-electron chi connectivity index (χ4n) is 9.16. The highest BCUT2D eigenvalue weighted by molar-refractivity contribution is 7.26. The van der Waals surface area contributed by atoms with Crippen molar-refractivity contribution >= 4 is 103 Å². The van der Waals surface area contributed by atoms with Crippen LogP contribution >= 0.6 is 11.3 Å². The molecule has 4 nitrogen and oxygen atoms in total. The van der Waals surface area contributed by atoms with Gasteiger partial charge in [-0.1, -0.05) is 104 Å². The number of fused-ring (bicyclic) bond motifs is 11. The molecule has 4 heterocycles. The number of rotatable bonds is 6. The molecule has 0 radical (unpaired) electrons. The fraction of sp³-hybridized carbons (Fsp3) is 0.0385. The van der Waals surface area contributed by atoms with Crippen LogP contribution in [0.5, 0.6) is 0 Å². The first kappa shape index (κ1) is 32.2. The van der Waals surface area contributed by atoms with E-state index in [9.17, 15) is 0 Å². The van der Waals surface area contributed by atoms with Crippen molar-refractivity contribution in [3.8, 4) is 17.0 Å². The first-order chi connectivity index (χ1) is 28.2. The summed E-state index contributed by atoms with van der Waals surface area (Å²) in [5.74, 6) is 0.927. The molecule has 5 heteroatoms. The van der Waals surface area contributed by atoms with Gasteiger partial charge in [-0.3, -0.25) is 0 Å². The molecule has 8 aromatic carbocycles. The molecule has 57 heavy (non-hydrogen) atoms. The standard InChI is InChI=1S/C52H34N2O2S/c1-2-35-36-29-30-44-50(52(36)56-51(35)32-15-5-3-6-16-32)38-28-27-34(31-45(38)55-44)54(43-24-14-26-47-49(43)39-20-10-12-25-46(39)57-47)42-23-13-22-41-48(42)37-19-9-11-21-40(37)53(41)33-17-7-4-8-18-33/h3-31H,2H2,1H3. The largest absolute Gasteiger partial charge is 0.456 e. The van der Waals surface area contributed by atoms with Crippen LogP contribution in [0.2, 0.25) is 0 Å². The SMILES string of the molecule is CCc1c(-c2ccccc2)oc2c1ccc1oc3cc(N(c4cccc5sc6ccccc6c45)c4cccc5c4c4ccccc4n5-c4ccccc4)ccc3c12. The zero-order valence-electron chi connectivity index (χ0n) is 31.1. The van der Waals surface area contributed by atoms with Crippen LogP contribution in [-0.2, 0) is 6.42 Å². The molecule has 0 aliphatic heterocycles. The summed E-state index contributed by atoms with van der Waals surface area (Å²) in [4.78, 5) is 2.45. The highest BCUT2D eigenvalue weighted by atomic mass is 32.1. The minimum Gasteiger partial charge on any atom is -0.456 e. The number of thiophene rings is 1. The summed E-state index contributed by atoms with van der Waals surface area (Å²) in [5.41, 5.74) is 11.5. The topological polar surface area (TPSA) is 34.5 Å². The highest BCUT2D eigenvalue weighted by Gasteiger charge is 2.25. The lowest BCUT2D eigenvalue weighted by Gasteiger charge is -2.27. The molecular weight excluding hydrogens is 717 g/mol. The Morgan fingerprint density at radius 2 is 1.19 bits per heavy atom. The van der Waals surface area contributed by atoms with E-state index in [1.165, 1.54) is 42.0 Å². The van der Waals surface area contributed by atoms with Crippen molar-refractivity contribution in [2.75, 3.05) is 4.90 Å². The van der Waals surface area contributed by atoms with E-state index < -0.39 is 0 Å². The number of aryl methyl sites for hydroxylation is 1. The summed E-state index contributed by atoms with van der Waals surface area (Å²) in [6, 6.07) is 63.0. The maximum atomic E-state index is 6.81. The van der Waals surface area contributed by atoms with E-state index in [1.54, 1.807) is 0 Å². The third-order valence-electron chi connectivity index (χ3n) is 11.6. The second-order valence-electron chi connectivity index (χ2n) is 14.7. The van der Waals surface area contributed by atoms with Gasteiger partial charge in [0.2, 0.25) is 0 Å². The number of furan rings is 2. The Bertz CT molecular complexity index is 3510. The molecule has 0 aliphatic rings. The Balaban J connectivity index is 1.15. The monoisotopic (exact) mass is 750 g/mol. The van der Waals surface area contributed by atoms with E-state index in [-0.39, 0.29) is 0 Å². The number of aromatic nitrogens is 1. The summed E-state index contributed by atoms with van der Waals surface area (Å²) in [6.45, 7) is 2.20. The second-order valence-corrected chi connectivity index (χ2v) is 15.8. The Morgan fingerprint density at radius 3 is 2.04 bits per heavy atom. The molecule has 12 aromatic rings. The van der Waals surface area contributed by atoms with Gasteiger partial charge in [0.05, 0.1) is 27.8 Å². The zero-order chi connectivity index (χ0) is 37.6. The number of anilines is 3. The zero-order valence-corrected chi connectivity index (χ0v) is 31.9. The van der Waals surface area contributed by atoms with Crippen molar-refractivity contribution < 1.29 is 8.83 Å². The predicted octanol–water partition coefficient (Wildman–Crippen LogP) is 15.5. The summed E-state index contributed by atoms with van der Waals surface area (Å²) >= 11 is 1.84. The van der Waals surface area contributed by atoms with Crippen molar-refractivity contribution in [2.24, 2.45) is 0 Å². The van der Waals surface area contributed by atoms with Gasteiger partial charge in [0.25, 0.3) is 0 Å². The van der Waals surface area contributed by atoms with Crippen molar-refractivity contribution in [3.63, 3.8) is 0 Å². The molecule has 0 spiro atoms. The van der Waals surface area contributed by atoms with Crippen LogP contribution in [0.1, 0.15) is 12.5 Å². The van der Waals surface area contributed by atoms with E-state index in [4.69, 9.17) is 8.83 Å². The molecule has 0 amide bonds. The van der Waals surface area contributed by atoms with E-state index >= 15 is 0 Å². The molecule has 0 fully saturated rings. The van der Waals surface area contributed by atoms with E-state index in [0.29, 0.717) is 0 Å². The van der Waals surface area contributed by atoms with Gasteiger partial charge in [0.1, 0.15) is 22.5 Å². The second kappa shape index (κ2) is 12.5. The van der Waals surface area contributed by atoms with Gasteiger partial charge < -0.3 is 18.3 Å². The molecule has 270 valence electrons. The highest BCUT2D eigenvalue weighted by Crippen LogP contribution is 2.50. The van der Waals surface area contributed by atoms with Crippen molar-refractivity contribution in [2.45, 2.75) is 13.3 Å². The Morgan fingerprint density at radius 1 is 0.509 bits per heavy atom. The van der Waals surface area contributed by atoms with Gasteiger partial charge in [-0.05, 0) is 79.2 Å². The lowest BCUT2D eigenvalue weighted by Crippen LogP contribution is -2.10. The summed E-state index contributed by atoms with van der Waals surface area (Å²) in [7, 11) is 0. The Hall–Kier alpha value is -7.08. The summed E-state index contributed by atoms with van der Waals surface area (Å²) in [5, 5.41) is 8.06. The molecular formula is C52H34N2O2S. The van der Waals surface area contributed by atoms with E-state index in [0.717, 1.165) is 78.9 Å². The lowest BCUT2D eigenvalue weighted by atomic mass is 10.0. The molecule has 0 bridgehead atoms. The molecule has 4 aromatic heterocycles. The quantitative estimate of drug-likeness (QED) is 0.170. The Kier molecular flexibility index (Phi) is 7.04. The lowest BCUT2D eigenvalue weighted by molar-refractivity contribution is 0.629. The van der Waals surface area contributed by atoms with Crippen LogP contribution in [0.15, 0.2) is 185 Å². The van der Waals surface area contributed by atoms with E-state index in [1.807, 2.05) is 17.4 Å². The minimum atomic E-state index is 0.816. The maximum absolute atomic E-state index is 6.81. The van der Waals surface area contributed by atoms with Crippen LogP contribution < -0.4 is 4.90 Å². The number of benzene rings is 8. The molecule has 0 N–H and O–H groups in total. The molecule has 0 unspecified atom stereocenters. The average Bonchev–Trinajstić information content (AvgIpc) is 4.03. The van der Waals surface area contributed by atoms with Crippen LogP contribution in [0.4, 0.5) is 17.1 Å². The molecule has 0 saturated heterocycles. The number of hydrogen-bond donors (Lipinski definition) is 0. The fourth-order valence-corrected chi connectivity index (χ4v) is 10.3. The number of hydrogen-bond acceptors (Lipinski definition) is 4. The third kappa shape index (κ3) is 4.73. The van der Waals surface area contributed by atoms with Crippen LogP contribution in [0.3, 0.4) is 0 Å². The summed E-state index contributed by atoms with van der Waals surface area (Å²) < 4.78 is 18.5. The molecule has 0 aliphatic carbocycles. The smallest absolute Gasteiger partial charge is 0.146 e. The normalized spacial score (nSPS) is 12.0. The van der Waals surface area contributed by atoms with Crippen LogP contribution in [0.25, 0.3) is 91.9 Å². The third-order valence-corrected chi connectivity index (χ3v) is 12.7. The molecule has 0 saturated carbocycles. The summed E-state index contributed by atoms with van der Waals surface area (Å²) in [6.07, 6.45) is 0.868. The maximum Gasteiger partial charge on any atom is 0.146 e. The van der Waals surface area contributed by atoms with Gasteiger partial charge in [0, 0.05) is 70.3 Å². The van der Waals surface area contributed by atoms with Crippen molar-refractivity contribution in [3.05, 3.63) is 181 Å². The van der Waals surface area contributed by atoms with Crippen LogP contribution in [-0.4, -0.2) is 4.57 Å². The van der Waals surface area contributed by atoms with Crippen molar-refractivity contribution in [1.29, 1.82) is 0 Å². The van der Waals surface area contributed by atoms with E-state index in [2.05, 4.69) is 186 Å². The van der Waals surface area contributed by atoms with Crippen LogP contribution in [0, 0.1) is 0 Å². The average molecular weight is 751 g/mol. The number of nitrogens with zero attached hydrogens (tertiary/aromatic N) is 2. The predicted molar refractivity (Wildman–Crippen MR) is 240 cm³/mol. The van der Waals surface area contributed by atoms with Gasteiger partial charge in [-0.15, -0.1) is 11.3 Å².